The second kappa shape index (κ2) is 4.64. The minimum Gasteiger partial charge on any atom is -0.354 e. The monoisotopic (exact) mass is 243 g/mol. The van der Waals surface area contributed by atoms with Crippen molar-refractivity contribution in [2.75, 3.05) is 0 Å². The molecule has 0 atom stereocenters. The number of aryl methyl sites for hydroxylation is 3. The molecule has 1 N–H and O–H groups in total. The van der Waals surface area contributed by atoms with Crippen LogP contribution in [0.1, 0.15) is 33.0 Å². The summed E-state index contributed by atoms with van der Waals surface area (Å²) >= 11 is 0. The third kappa shape index (κ3) is 2.14. The highest BCUT2D eigenvalue weighted by Crippen LogP contribution is 2.16. The Morgan fingerprint density at radius 1 is 1.39 bits per heavy atom. The van der Waals surface area contributed by atoms with Crippen LogP contribution >= 0.6 is 0 Å². The van der Waals surface area contributed by atoms with E-state index in [1.54, 1.807) is 18.5 Å². The number of aromatic amines is 1. The van der Waals surface area contributed by atoms with Gasteiger partial charge in [-0.05, 0) is 38.5 Å². The lowest BCUT2D eigenvalue weighted by molar-refractivity contribution is 0.104. The van der Waals surface area contributed by atoms with Gasteiger partial charge in [0.25, 0.3) is 0 Å². The van der Waals surface area contributed by atoms with Gasteiger partial charge in [0, 0.05) is 30.2 Å². The molecular formula is C14H17N3O. The number of imidazole rings is 1. The predicted molar refractivity (Wildman–Crippen MR) is 71.6 cm³/mol. The zero-order chi connectivity index (χ0) is 13.3. The van der Waals surface area contributed by atoms with E-state index < -0.39 is 0 Å². The Kier molecular flexibility index (Phi) is 3.19. The number of aromatic nitrogens is 3. The molecule has 0 aromatic carbocycles. The number of hydrogen-bond acceptors (Lipinski definition) is 2. The van der Waals surface area contributed by atoms with Crippen molar-refractivity contribution in [2.45, 2.75) is 20.8 Å². The Balaban J connectivity index is 2.28. The van der Waals surface area contributed by atoms with Gasteiger partial charge in [-0.25, -0.2) is 4.98 Å². The zero-order valence-electron chi connectivity index (χ0n) is 11.1. The highest BCUT2D eigenvalue weighted by Gasteiger charge is 2.13. The van der Waals surface area contributed by atoms with Gasteiger partial charge in [-0.2, -0.15) is 0 Å². The molecule has 4 heteroatoms. The van der Waals surface area contributed by atoms with Crippen LogP contribution in [-0.4, -0.2) is 20.3 Å². The molecule has 0 spiro atoms. The van der Waals surface area contributed by atoms with Crippen LogP contribution in [0.4, 0.5) is 0 Å². The van der Waals surface area contributed by atoms with Gasteiger partial charge in [0.05, 0.1) is 12.0 Å². The Hall–Kier alpha value is -2.10. The highest BCUT2D eigenvalue weighted by molar-refractivity contribution is 6.08. The third-order valence-electron chi connectivity index (χ3n) is 3.18. The second-order valence-electron chi connectivity index (χ2n) is 4.49. The van der Waals surface area contributed by atoms with Crippen LogP contribution in [0.2, 0.25) is 0 Å². The van der Waals surface area contributed by atoms with Crippen LogP contribution in [0.15, 0.2) is 18.6 Å². The highest BCUT2D eigenvalue weighted by atomic mass is 16.1. The first-order valence-corrected chi connectivity index (χ1v) is 5.85. The van der Waals surface area contributed by atoms with Crippen LogP contribution < -0.4 is 0 Å². The van der Waals surface area contributed by atoms with Crippen molar-refractivity contribution < 1.29 is 4.79 Å². The van der Waals surface area contributed by atoms with Crippen LogP contribution in [0.25, 0.3) is 6.08 Å². The Bertz CT molecular complexity index is 617. The fraction of sp³-hybridized carbons (Fsp3) is 0.286. The summed E-state index contributed by atoms with van der Waals surface area (Å²) in [4.78, 5) is 19.3. The molecule has 0 amide bonds. The summed E-state index contributed by atoms with van der Waals surface area (Å²) in [7, 11) is 1.95. The van der Waals surface area contributed by atoms with E-state index in [0.29, 0.717) is 0 Å². The normalized spacial score (nSPS) is 11.3. The van der Waals surface area contributed by atoms with Gasteiger partial charge in [0.1, 0.15) is 0 Å². The van der Waals surface area contributed by atoms with Gasteiger partial charge in [-0.15, -0.1) is 0 Å². The molecule has 4 nitrogen and oxygen atoms in total. The van der Waals surface area contributed by atoms with E-state index in [1.807, 2.05) is 38.6 Å². The molecule has 0 fully saturated rings. The zero-order valence-corrected chi connectivity index (χ0v) is 11.1. The van der Waals surface area contributed by atoms with Gasteiger partial charge >= 0.3 is 0 Å². The van der Waals surface area contributed by atoms with Gasteiger partial charge < -0.3 is 9.55 Å². The van der Waals surface area contributed by atoms with E-state index in [4.69, 9.17) is 0 Å². The van der Waals surface area contributed by atoms with Crippen molar-refractivity contribution in [3.8, 4) is 0 Å². The summed E-state index contributed by atoms with van der Waals surface area (Å²) in [5.41, 5.74) is 4.53. The predicted octanol–water partition coefficient (Wildman–Crippen LogP) is 2.57. The molecule has 2 aromatic rings. The molecule has 0 aliphatic rings. The molecule has 94 valence electrons. The topological polar surface area (TPSA) is 50.7 Å². The van der Waals surface area contributed by atoms with E-state index in [1.165, 1.54) is 0 Å². The Labute approximate surface area is 106 Å². The first-order chi connectivity index (χ1) is 8.50. The number of hydrogen-bond donors (Lipinski definition) is 1. The van der Waals surface area contributed by atoms with Crippen LogP contribution in [-0.2, 0) is 7.05 Å². The number of rotatable bonds is 3. The summed E-state index contributed by atoms with van der Waals surface area (Å²) in [6.45, 7) is 5.83. The fourth-order valence-corrected chi connectivity index (χ4v) is 2.06. The molecule has 0 saturated heterocycles. The summed E-state index contributed by atoms with van der Waals surface area (Å²) < 4.78 is 1.97. The standard InChI is InChI=1S/C14H17N3O/c1-9-7-17(4)11(3)14(9)13(18)6-5-12-10(2)15-8-16-12/h5-8H,1-4H3,(H,15,16). The molecular weight excluding hydrogens is 226 g/mol. The average Bonchev–Trinajstić information content (AvgIpc) is 2.81. The second-order valence-corrected chi connectivity index (χ2v) is 4.49. The summed E-state index contributed by atoms with van der Waals surface area (Å²) in [6, 6.07) is 0. The molecule has 18 heavy (non-hydrogen) atoms. The maximum atomic E-state index is 12.2. The molecule has 2 heterocycles. The van der Waals surface area contributed by atoms with Crippen molar-refractivity contribution in [3.63, 3.8) is 0 Å². The molecule has 0 aliphatic heterocycles. The SMILES string of the molecule is Cc1cn(C)c(C)c1C(=O)C=Cc1nc[nH]c1C. The first kappa shape index (κ1) is 12.4. The van der Waals surface area contributed by atoms with Crippen molar-refractivity contribution in [1.82, 2.24) is 14.5 Å². The number of H-pyrrole nitrogens is 1. The minimum absolute atomic E-state index is 0.0213. The smallest absolute Gasteiger partial charge is 0.187 e. The van der Waals surface area contributed by atoms with Gasteiger partial charge in [0.15, 0.2) is 5.78 Å². The van der Waals surface area contributed by atoms with E-state index in [-0.39, 0.29) is 5.78 Å². The average molecular weight is 243 g/mol. The summed E-state index contributed by atoms with van der Waals surface area (Å²) in [5, 5.41) is 0. The molecule has 0 bridgehead atoms. The van der Waals surface area contributed by atoms with E-state index >= 15 is 0 Å². The lowest BCUT2D eigenvalue weighted by Crippen LogP contribution is -1.99. The molecule has 2 rings (SSSR count). The third-order valence-corrected chi connectivity index (χ3v) is 3.18. The summed E-state index contributed by atoms with van der Waals surface area (Å²) in [6.07, 6.45) is 6.92. The first-order valence-electron chi connectivity index (χ1n) is 5.85. The Morgan fingerprint density at radius 3 is 2.61 bits per heavy atom. The van der Waals surface area contributed by atoms with Crippen molar-refractivity contribution in [3.05, 3.63) is 46.8 Å². The fourth-order valence-electron chi connectivity index (χ4n) is 2.06. The van der Waals surface area contributed by atoms with Crippen LogP contribution in [0.3, 0.4) is 0 Å². The van der Waals surface area contributed by atoms with Gasteiger partial charge in [-0.1, -0.05) is 0 Å². The maximum absolute atomic E-state index is 12.2. The van der Waals surface area contributed by atoms with E-state index in [0.717, 1.165) is 28.2 Å². The van der Waals surface area contributed by atoms with Gasteiger partial charge in [-0.3, -0.25) is 4.79 Å². The van der Waals surface area contributed by atoms with E-state index in [2.05, 4.69) is 9.97 Å². The quantitative estimate of drug-likeness (QED) is 0.665. The van der Waals surface area contributed by atoms with Crippen LogP contribution in [0.5, 0.6) is 0 Å². The van der Waals surface area contributed by atoms with Crippen LogP contribution in [0, 0.1) is 20.8 Å². The molecule has 2 aromatic heterocycles. The maximum Gasteiger partial charge on any atom is 0.187 e. The van der Waals surface area contributed by atoms with Crippen molar-refractivity contribution in [1.29, 1.82) is 0 Å². The lowest BCUT2D eigenvalue weighted by Gasteiger charge is -1.98. The minimum atomic E-state index is 0.0213. The Morgan fingerprint density at radius 2 is 2.11 bits per heavy atom. The number of nitrogens with one attached hydrogen (secondary N) is 1. The lowest BCUT2D eigenvalue weighted by atomic mass is 10.1. The number of carbonyl (C=O) groups excluding carboxylic acids is 1. The largest absolute Gasteiger partial charge is 0.354 e. The molecule has 0 unspecified atom stereocenters. The molecule has 0 saturated carbocycles. The molecule has 0 aliphatic carbocycles. The van der Waals surface area contributed by atoms with Gasteiger partial charge in [0.2, 0.25) is 0 Å². The molecule has 0 radical (unpaired) electrons. The number of carbonyl (C=O) groups is 1. The summed E-state index contributed by atoms with van der Waals surface area (Å²) in [5.74, 6) is 0.0213. The van der Waals surface area contributed by atoms with Crippen molar-refractivity contribution in [2.24, 2.45) is 7.05 Å². The van der Waals surface area contributed by atoms with Crippen molar-refractivity contribution >= 4 is 11.9 Å². The van der Waals surface area contributed by atoms with E-state index in [9.17, 15) is 4.79 Å². The number of ketones is 1. The number of nitrogens with zero attached hydrogens (tertiary/aromatic N) is 2. The number of allylic oxidation sites excluding steroid dienone is 1.